The maximum Gasteiger partial charge on any atom is 0.257 e. The molecule has 0 bridgehead atoms. The molecule has 1 saturated heterocycles. The van der Waals surface area contributed by atoms with E-state index in [1.807, 2.05) is 30.3 Å². The van der Waals surface area contributed by atoms with E-state index in [1.54, 1.807) is 11.8 Å². The van der Waals surface area contributed by atoms with Gasteiger partial charge in [0.25, 0.3) is 5.91 Å². The molecule has 3 aromatic rings. The van der Waals surface area contributed by atoms with E-state index in [-0.39, 0.29) is 17.8 Å². The lowest BCUT2D eigenvalue weighted by molar-refractivity contribution is 0.0694. The minimum absolute atomic E-state index is 0.0164. The van der Waals surface area contributed by atoms with Gasteiger partial charge in [-0.15, -0.1) is 0 Å². The molecule has 0 radical (unpaired) electrons. The first kappa shape index (κ1) is 17.1. The summed E-state index contributed by atoms with van der Waals surface area (Å²) in [6.07, 6.45) is 3.26. The normalized spacial score (nSPS) is 17.1. The number of nitrogens with two attached hydrogens (primary N) is 1. The third-order valence-corrected chi connectivity index (χ3v) is 4.76. The lowest BCUT2D eigenvalue weighted by Crippen LogP contribution is -2.39. The summed E-state index contributed by atoms with van der Waals surface area (Å²) in [5, 5.41) is 4.09. The summed E-state index contributed by atoms with van der Waals surface area (Å²) >= 11 is 0. The molecule has 3 heterocycles. The highest BCUT2D eigenvalue weighted by Crippen LogP contribution is 2.28. The monoisotopic (exact) mass is 364 g/mol. The Morgan fingerprint density at radius 2 is 2.07 bits per heavy atom. The number of aryl methyl sites for hydroxylation is 1. The van der Waals surface area contributed by atoms with Crippen LogP contribution in [-0.2, 0) is 0 Å². The number of aromatic nitrogens is 4. The summed E-state index contributed by atoms with van der Waals surface area (Å²) in [5.74, 6) is 1.22. The average molecular weight is 364 g/mol. The van der Waals surface area contributed by atoms with Crippen molar-refractivity contribution in [1.29, 1.82) is 0 Å². The number of carbonyl (C=O) groups excluding carboxylic acids is 1. The number of nitrogens with zero attached hydrogens (tertiary/aromatic N) is 5. The van der Waals surface area contributed by atoms with Crippen LogP contribution in [0.25, 0.3) is 11.4 Å². The van der Waals surface area contributed by atoms with Gasteiger partial charge in [-0.25, -0.2) is 9.97 Å². The van der Waals surface area contributed by atoms with Crippen molar-refractivity contribution >= 4 is 11.9 Å². The van der Waals surface area contributed by atoms with Crippen molar-refractivity contribution in [1.82, 2.24) is 25.0 Å². The summed E-state index contributed by atoms with van der Waals surface area (Å²) in [6, 6.07) is 9.69. The van der Waals surface area contributed by atoms with E-state index in [0.29, 0.717) is 36.1 Å². The topological polar surface area (TPSA) is 111 Å². The highest BCUT2D eigenvalue weighted by molar-refractivity contribution is 5.95. The van der Waals surface area contributed by atoms with Gasteiger partial charge in [-0.2, -0.15) is 4.98 Å². The van der Waals surface area contributed by atoms with E-state index in [2.05, 4.69) is 20.1 Å². The molecule has 4 rings (SSSR count). The predicted octanol–water partition coefficient (Wildman–Crippen LogP) is 2.44. The van der Waals surface area contributed by atoms with Crippen LogP contribution in [0.15, 0.2) is 41.1 Å². The number of benzene rings is 1. The van der Waals surface area contributed by atoms with Crippen LogP contribution in [0.2, 0.25) is 0 Å². The fourth-order valence-electron chi connectivity index (χ4n) is 3.33. The molecular formula is C19H20N6O2. The second-order valence-electron chi connectivity index (χ2n) is 6.64. The average Bonchev–Trinajstić information content (AvgIpc) is 3.19. The van der Waals surface area contributed by atoms with Gasteiger partial charge >= 0.3 is 0 Å². The zero-order valence-electron chi connectivity index (χ0n) is 15.0. The van der Waals surface area contributed by atoms with Gasteiger partial charge in [-0.1, -0.05) is 35.5 Å². The third kappa shape index (κ3) is 3.51. The van der Waals surface area contributed by atoms with Crippen molar-refractivity contribution in [3.63, 3.8) is 0 Å². The molecule has 8 nitrogen and oxygen atoms in total. The zero-order valence-corrected chi connectivity index (χ0v) is 15.0. The molecule has 1 unspecified atom stereocenters. The van der Waals surface area contributed by atoms with Gasteiger partial charge in [0.05, 0.1) is 17.2 Å². The molecule has 0 aliphatic carbocycles. The van der Waals surface area contributed by atoms with Crippen LogP contribution >= 0.6 is 0 Å². The molecule has 2 N–H and O–H groups in total. The van der Waals surface area contributed by atoms with Crippen molar-refractivity contribution in [2.24, 2.45) is 0 Å². The molecule has 1 aliphatic heterocycles. The maximum atomic E-state index is 12.9. The summed E-state index contributed by atoms with van der Waals surface area (Å²) in [7, 11) is 0. The minimum atomic E-state index is -0.0972. The van der Waals surface area contributed by atoms with E-state index in [1.165, 1.54) is 6.20 Å². The minimum Gasteiger partial charge on any atom is -0.368 e. The molecule has 1 amide bonds. The van der Waals surface area contributed by atoms with Crippen molar-refractivity contribution in [3.05, 3.63) is 53.7 Å². The Bertz CT molecular complexity index is 956. The van der Waals surface area contributed by atoms with E-state index in [4.69, 9.17) is 10.3 Å². The Labute approximate surface area is 156 Å². The first-order valence-corrected chi connectivity index (χ1v) is 8.89. The van der Waals surface area contributed by atoms with Crippen molar-refractivity contribution in [2.45, 2.75) is 25.7 Å². The number of likely N-dealkylation sites (tertiary alicyclic amines) is 1. The largest absolute Gasteiger partial charge is 0.368 e. The van der Waals surface area contributed by atoms with Crippen LogP contribution in [0.1, 0.15) is 40.7 Å². The number of piperidine rings is 1. The molecule has 1 atom stereocenters. The van der Waals surface area contributed by atoms with E-state index in [0.717, 1.165) is 18.4 Å². The van der Waals surface area contributed by atoms with Gasteiger partial charge < -0.3 is 15.2 Å². The van der Waals surface area contributed by atoms with Crippen molar-refractivity contribution in [3.8, 4) is 11.4 Å². The first-order chi connectivity index (χ1) is 13.1. The van der Waals surface area contributed by atoms with Crippen molar-refractivity contribution in [2.75, 3.05) is 18.8 Å². The Balaban J connectivity index is 1.51. The second-order valence-corrected chi connectivity index (χ2v) is 6.64. The Morgan fingerprint density at radius 1 is 1.26 bits per heavy atom. The summed E-state index contributed by atoms with van der Waals surface area (Å²) in [5.41, 5.74) is 7.54. The maximum absolute atomic E-state index is 12.9. The summed E-state index contributed by atoms with van der Waals surface area (Å²) < 4.78 is 5.49. The standard InChI is InChI=1S/C19H20N6O2/c1-12-15(10-21-19(20)22-12)18(26)25-9-5-8-14(11-25)17-23-16(24-27-17)13-6-3-2-4-7-13/h2-4,6-7,10,14H,5,8-9,11H2,1H3,(H2,20,21,22). The Kier molecular flexibility index (Phi) is 4.53. The first-order valence-electron chi connectivity index (χ1n) is 8.89. The van der Waals surface area contributed by atoms with Gasteiger partial charge in [0, 0.05) is 24.8 Å². The number of nitrogen functional groups attached to an aromatic ring is 1. The number of rotatable bonds is 3. The van der Waals surface area contributed by atoms with Gasteiger partial charge in [0.2, 0.25) is 17.7 Å². The van der Waals surface area contributed by atoms with Crippen LogP contribution in [0.3, 0.4) is 0 Å². The highest BCUT2D eigenvalue weighted by Gasteiger charge is 2.30. The number of hydrogen-bond acceptors (Lipinski definition) is 7. The van der Waals surface area contributed by atoms with E-state index >= 15 is 0 Å². The molecule has 0 spiro atoms. The van der Waals surface area contributed by atoms with Gasteiger partial charge in [-0.3, -0.25) is 4.79 Å². The molecule has 138 valence electrons. The second kappa shape index (κ2) is 7.14. The van der Waals surface area contributed by atoms with Crippen LogP contribution in [-0.4, -0.2) is 44.0 Å². The number of carbonyl (C=O) groups is 1. The summed E-state index contributed by atoms with van der Waals surface area (Å²) in [6.45, 7) is 2.97. The fraction of sp³-hybridized carbons (Fsp3) is 0.316. The fourth-order valence-corrected chi connectivity index (χ4v) is 3.33. The quantitative estimate of drug-likeness (QED) is 0.760. The molecule has 2 aromatic heterocycles. The van der Waals surface area contributed by atoms with Gasteiger partial charge in [0.15, 0.2) is 0 Å². The molecule has 1 aliphatic rings. The lowest BCUT2D eigenvalue weighted by atomic mass is 9.97. The van der Waals surface area contributed by atoms with Crippen LogP contribution in [0.5, 0.6) is 0 Å². The molecule has 27 heavy (non-hydrogen) atoms. The Morgan fingerprint density at radius 3 is 2.85 bits per heavy atom. The van der Waals surface area contributed by atoms with Crippen LogP contribution in [0.4, 0.5) is 5.95 Å². The van der Waals surface area contributed by atoms with Crippen LogP contribution in [0, 0.1) is 6.92 Å². The third-order valence-electron chi connectivity index (χ3n) is 4.76. The van der Waals surface area contributed by atoms with Gasteiger partial charge in [0.1, 0.15) is 0 Å². The smallest absolute Gasteiger partial charge is 0.257 e. The molecule has 1 aromatic carbocycles. The van der Waals surface area contributed by atoms with Gasteiger partial charge in [-0.05, 0) is 19.8 Å². The van der Waals surface area contributed by atoms with E-state index in [9.17, 15) is 4.79 Å². The Hall–Kier alpha value is -3.29. The number of hydrogen-bond donors (Lipinski definition) is 1. The predicted molar refractivity (Wildman–Crippen MR) is 98.8 cm³/mol. The zero-order chi connectivity index (χ0) is 18.8. The lowest BCUT2D eigenvalue weighted by Gasteiger charge is -2.31. The number of anilines is 1. The van der Waals surface area contributed by atoms with E-state index < -0.39 is 0 Å². The molecule has 0 saturated carbocycles. The molecule has 8 heteroatoms. The summed E-state index contributed by atoms with van der Waals surface area (Å²) in [4.78, 5) is 27.2. The van der Waals surface area contributed by atoms with Crippen LogP contribution < -0.4 is 5.73 Å². The molecule has 1 fully saturated rings. The molecular weight excluding hydrogens is 344 g/mol. The SMILES string of the molecule is Cc1nc(N)ncc1C(=O)N1CCCC(c2nc(-c3ccccc3)no2)C1. The highest BCUT2D eigenvalue weighted by atomic mass is 16.5. The van der Waals surface area contributed by atoms with Crippen molar-refractivity contribution < 1.29 is 9.32 Å². The number of amides is 1.